The Hall–Kier alpha value is -1.61. The van der Waals surface area contributed by atoms with E-state index in [0.29, 0.717) is 11.3 Å². The highest BCUT2D eigenvalue weighted by Gasteiger charge is 2.41. The van der Waals surface area contributed by atoms with E-state index in [2.05, 4.69) is 10.3 Å². The van der Waals surface area contributed by atoms with Gasteiger partial charge in [0, 0.05) is 6.04 Å². The number of hydrogen-bond donors (Lipinski definition) is 1. The monoisotopic (exact) mass is 351 g/mol. The molecule has 2 heterocycles. The van der Waals surface area contributed by atoms with Gasteiger partial charge in [0.1, 0.15) is 16.1 Å². The molecule has 2 rings (SSSR count). The molecule has 1 N–H and O–H groups in total. The van der Waals surface area contributed by atoms with Crippen molar-refractivity contribution in [3.05, 3.63) is 15.0 Å². The first-order chi connectivity index (χ1) is 10.2. The summed E-state index contributed by atoms with van der Waals surface area (Å²) in [6, 6.07) is -1.33. The van der Waals surface area contributed by atoms with Crippen LogP contribution in [0.4, 0.5) is 8.78 Å². The molecule has 1 aromatic rings. The number of nitrogens with one attached hydrogen (secondary N) is 1. The second-order valence-corrected chi connectivity index (χ2v) is 6.29. The van der Waals surface area contributed by atoms with Crippen molar-refractivity contribution in [2.75, 3.05) is 0 Å². The lowest BCUT2D eigenvalue weighted by Crippen LogP contribution is -2.43. The quantitative estimate of drug-likeness (QED) is 0.841. The minimum Gasteiger partial charge on any atom is -0.338 e. The minimum atomic E-state index is -2.84. The Balaban J connectivity index is 2.11. The Bertz CT molecular complexity index is 635. The van der Waals surface area contributed by atoms with E-state index in [-0.39, 0.29) is 17.5 Å². The second-order valence-electron chi connectivity index (χ2n) is 4.90. The maximum Gasteiger partial charge on any atom is 0.280 e. The number of thiazole rings is 1. The van der Waals surface area contributed by atoms with Gasteiger partial charge >= 0.3 is 0 Å². The van der Waals surface area contributed by atoms with E-state index in [1.54, 1.807) is 13.8 Å². The van der Waals surface area contributed by atoms with Crippen LogP contribution in [0.25, 0.3) is 0 Å². The molecule has 0 spiro atoms. The van der Waals surface area contributed by atoms with Crippen LogP contribution in [0.1, 0.15) is 41.4 Å². The maximum atomic E-state index is 12.6. The number of amides is 3. The molecule has 0 aliphatic carbocycles. The molecular weight excluding hydrogens is 340 g/mol. The number of hydrogen-bond acceptors (Lipinski definition) is 5. The highest BCUT2D eigenvalue weighted by atomic mass is 35.5. The molecule has 1 aromatic heterocycles. The standard InChI is InChI=1S/C12H12ClF2N3O3S/c1-4(2)18-6(19)3-5(12(18)21)16-10(20)11-17-8(13)7(22-11)9(14)15/h4-5,9H,3H2,1-2H3,(H,16,20). The van der Waals surface area contributed by atoms with Crippen LogP contribution in [0.3, 0.4) is 0 Å². The van der Waals surface area contributed by atoms with E-state index in [1.165, 1.54) is 0 Å². The smallest absolute Gasteiger partial charge is 0.280 e. The molecule has 1 saturated heterocycles. The fraction of sp³-hybridized carbons (Fsp3) is 0.500. The molecule has 0 aromatic carbocycles. The van der Waals surface area contributed by atoms with Crippen molar-refractivity contribution in [1.82, 2.24) is 15.2 Å². The topological polar surface area (TPSA) is 79.4 Å². The lowest BCUT2D eigenvalue weighted by atomic mass is 10.2. The molecule has 0 bridgehead atoms. The number of alkyl halides is 2. The lowest BCUT2D eigenvalue weighted by molar-refractivity contribution is -0.140. The van der Waals surface area contributed by atoms with Gasteiger partial charge in [-0.2, -0.15) is 0 Å². The molecule has 0 saturated carbocycles. The number of nitrogens with zero attached hydrogens (tertiary/aromatic N) is 2. The van der Waals surface area contributed by atoms with E-state index in [0.717, 1.165) is 4.90 Å². The first-order valence-electron chi connectivity index (χ1n) is 6.33. The van der Waals surface area contributed by atoms with Gasteiger partial charge < -0.3 is 5.32 Å². The molecule has 1 unspecified atom stereocenters. The molecule has 10 heteroatoms. The lowest BCUT2D eigenvalue weighted by Gasteiger charge is -2.18. The molecule has 1 aliphatic rings. The zero-order valence-electron chi connectivity index (χ0n) is 11.6. The van der Waals surface area contributed by atoms with Crippen molar-refractivity contribution in [3.8, 4) is 0 Å². The van der Waals surface area contributed by atoms with Gasteiger partial charge in [0.25, 0.3) is 18.2 Å². The molecule has 120 valence electrons. The van der Waals surface area contributed by atoms with E-state index < -0.39 is 40.2 Å². The molecule has 1 fully saturated rings. The van der Waals surface area contributed by atoms with Crippen molar-refractivity contribution in [3.63, 3.8) is 0 Å². The summed E-state index contributed by atoms with van der Waals surface area (Å²) in [6.45, 7) is 3.35. The number of rotatable bonds is 4. The van der Waals surface area contributed by atoms with Crippen LogP contribution in [0.15, 0.2) is 0 Å². The van der Waals surface area contributed by atoms with Gasteiger partial charge in [0.15, 0.2) is 5.01 Å². The average Bonchev–Trinajstić information content (AvgIpc) is 2.91. The van der Waals surface area contributed by atoms with Crippen molar-refractivity contribution in [2.24, 2.45) is 0 Å². The van der Waals surface area contributed by atoms with Crippen LogP contribution in [0, 0.1) is 0 Å². The molecule has 3 amide bonds. The summed E-state index contributed by atoms with van der Waals surface area (Å²) in [4.78, 5) is 39.8. The summed E-state index contributed by atoms with van der Waals surface area (Å²) in [5.41, 5.74) is 0. The van der Waals surface area contributed by atoms with Gasteiger partial charge in [-0.05, 0) is 13.8 Å². The number of likely N-dealkylation sites (tertiary alicyclic amines) is 1. The third-order valence-corrected chi connectivity index (χ3v) is 4.47. The Labute approximate surface area is 133 Å². The Morgan fingerprint density at radius 3 is 2.55 bits per heavy atom. The fourth-order valence-electron chi connectivity index (χ4n) is 2.07. The highest BCUT2D eigenvalue weighted by molar-refractivity contribution is 7.14. The largest absolute Gasteiger partial charge is 0.338 e. The van der Waals surface area contributed by atoms with E-state index >= 15 is 0 Å². The van der Waals surface area contributed by atoms with Crippen molar-refractivity contribution >= 4 is 40.7 Å². The first kappa shape index (κ1) is 16.8. The normalized spacial score (nSPS) is 18.7. The van der Waals surface area contributed by atoms with Crippen LogP contribution in [0.2, 0.25) is 5.15 Å². The highest BCUT2D eigenvalue weighted by Crippen LogP contribution is 2.32. The first-order valence-corrected chi connectivity index (χ1v) is 7.53. The van der Waals surface area contributed by atoms with Crippen LogP contribution in [-0.4, -0.2) is 39.7 Å². The third-order valence-electron chi connectivity index (χ3n) is 3.01. The molecule has 22 heavy (non-hydrogen) atoms. The molecule has 1 aliphatic heterocycles. The van der Waals surface area contributed by atoms with Crippen LogP contribution in [-0.2, 0) is 9.59 Å². The van der Waals surface area contributed by atoms with E-state index in [9.17, 15) is 23.2 Å². The number of aromatic nitrogens is 1. The number of carbonyl (C=O) groups is 3. The number of carbonyl (C=O) groups excluding carboxylic acids is 3. The summed E-state index contributed by atoms with van der Waals surface area (Å²) in [5, 5.41) is 1.62. The predicted molar refractivity (Wildman–Crippen MR) is 74.9 cm³/mol. The summed E-state index contributed by atoms with van der Waals surface area (Å²) < 4.78 is 25.2. The van der Waals surface area contributed by atoms with Crippen LogP contribution >= 0.6 is 22.9 Å². The predicted octanol–water partition coefficient (Wildman–Crippen LogP) is 2.00. The zero-order valence-corrected chi connectivity index (χ0v) is 13.2. The number of imide groups is 1. The third kappa shape index (κ3) is 3.09. The van der Waals surface area contributed by atoms with Gasteiger partial charge in [-0.25, -0.2) is 13.8 Å². The maximum absolute atomic E-state index is 12.6. The summed E-state index contributed by atoms with van der Waals surface area (Å²) in [5.74, 6) is -1.73. The van der Waals surface area contributed by atoms with Crippen molar-refractivity contribution in [2.45, 2.75) is 38.8 Å². The molecule has 0 radical (unpaired) electrons. The Morgan fingerprint density at radius 2 is 2.09 bits per heavy atom. The minimum absolute atomic E-state index is 0.163. The summed E-state index contributed by atoms with van der Waals surface area (Å²) >= 11 is 5.98. The van der Waals surface area contributed by atoms with Gasteiger partial charge in [-0.3, -0.25) is 19.3 Å². The molecule has 1 atom stereocenters. The average molecular weight is 352 g/mol. The SMILES string of the molecule is CC(C)N1C(=O)CC(NC(=O)c2nc(Cl)c(C(F)F)s2)C1=O. The van der Waals surface area contributed by atoms with Crippen molar-refractivity contribution in [1.29, 1.82) is 0 Å². The Kier molecular flexibility index (Phi) is 4.76. The summed E-state index contributed by atoms with van der Waals surface area (Å²) in [6.07, 6.45) is -3.00. The van der Waals surface area contributed by atoms with Gasteiger partial charge in [-0.15, -0.1) is 11.3 Å². The molecule has 6 nitrogen and oxygen atoms in total. The zero-order chi connectivity index (χ0) is 16.6. The molecular formula is C12H12ClF2N3O3S. The van der Waals surface area contributed by atoms with Gasteiger partial charge in [-0.1, -0.05) is 11.6 Å². The Morgan fingerprint density at radius 1 is 1.45 bits per heavy atom. The van der Waals surface area contributed by atoms with Crippen molar-refractivity contribution < 1.29 is 23.2 Å². The van der Waals surface area contributed by atoms with Gasteiger partial charge in [0.2, 0.25) is 5.91 Å². The van der Waals surface area contributed by atoms with E-state index in [1.807, 2.05) is 0 Å². The van der Waals surface area contributed by atoms with Gasteiger partial charge in [0.05, 0.1) is 6.42 Å². The van der Waals surface area contributed by atoms with E-state index in [4.69, 9.17) is 11.6 Å². The second kappa shape index (κ2) is 6.25. The van der Waals surface area contributed by atoms with Crippen LogP contribution in [0.5, 0.6) is 0 Å². The fourth-order valence-corrected chi connectivity index (χ4v) is 3.12. The number of halogens is 3. The summed E-state index contributed by atoms with van der Waals surface area (Å²) in [7, 11) is 0. The van der Waals surface area contributed by atoms with Crippen LogP contribution < -0.4 is 5.32 Å².